The topological polar surface area (TPSA) is 86.7 Å². The van der Waals surface area contributed by atoms with Crippen molar-refractivity contribution in [1.82, 2.24) is 10.2 Å². The van der Waals surface area contributed by atoms with Crippen LogP contribution in [0, 0.1) is 18.8 Å². The van der Waals surface area contributed by atoms with E-state index in [4.69, 9.17) is 5.11 Å². The van der Waals surface area contributed by atoms with Gasteiger partial charge in [-0.1, -0.05) is 39.0 Å². The Bertz CT molecular complexity index is 613. The summed E-state index contributed by atoms with van der Waals surface area (Å²) in [5.41, 5.74) is 1.36. The largest absolute Gasteiger partial charge is 0.481 e. The molecule has 2 unspecified atom stereocenters. The number of hydrogen-bond donors (Lipinski definition) is 2. The standard InChI is InChI=1S/C18H26N2O4/c1-11(2)15(17(22)20(5)10-13(4)18(23)24)19-16(21)14-9-7-6-8-12(14)3/h6-9,11,13,15H,10H2,1-5H3,(H,19,21)(H,23,24). The summed E-state index contributed by atoms with van der Waals surface area (Å²) >= 11 is 0. The van der Waals surface area contributed by atoms with E-state index in [1.54, 1.807) is 26.1 Å². The third-order valence-corrected chi connectivity index (χ3v) is 3.95. The van der Waals surface area contributed by atoms with Gasteiger partial charge in [-0.2, -0.15) is 0 Å². The first-order valence-corrected chi connectivity index (χ1v) is 7.99. The minimum absolute atomic E-state index is 0.0949. The van der Waals surface area contributed by atoms with Crippen LogP contribution in [0.5, 0.6) is 0 Å². The van der Waals surface area contributed by atoms with Gasteiger partial charge in [-0.25, -0.2) is 0 Å². The van der Waals surface area contributed by atoms with Crippen LogP contribution in [-0.4, -0.2) is 47.4 Å². The van der Waals surface area contributed by atoms with Crippen molar-refractivity contribution in [1.29, 1.82) is 0 Å². The maximum absolute atomic E-state index is 12.6. The second-order valence-corrected chi connectivity index (χ2v) is 6.47. The minimum Gasteiger partial charge on any atom is -0.481 e. The second kappa shape index (κ2) is 8.47. The molecule has 2 N–H and O–H groups in total. The van der Waals surface area contributed by atoms with Crippen LogP contribution in [0.3, 0.4) is 0 Å². The summed E-state index contributed by atoms with van der Waals surface area (Å²) in [5.74, 6) is -2.34. The number of carboxylic acid groups (broad SMARTS) is 1. The molecule has 0 bridgehead atoms. The molecule has 0 fully saturated rings. The monoisotopic (exact) mass is 334 g/mol. The molecule has 2 amide bonds. The van der Waals surface area contributed by atoms with Gasteiger partial charge in [-0.15, -0.1) is 0 Å². The van der Waals surface area contributed by atoms with Gasteiger partial charge in [0.25, 0.3) is 5.91 Å². The molecule has 2 atom stereocenters. The molecule has 6 nitrogen and oxygen atoms in total. The molecule has 0 radical (unpaired) electrons. The number of nitrogens with one attached hydrogen (secondary N) is 1. The number of aryl methyl sites for hydroxylation is 1. The Morgan fingerprint density at radius 1 is 1.17 bits per heavy atom. The Kier molecular flexibility index (Phi) is 6.95. The van der Waals surface area contributed by atoms with Gasteiger partial charge in [-0.05, 0) is 24.5 Å². The van der Waals surface area contributed by atoms with Gasteiger partial charge in [0.1, 0.15) is 6.04 Å². The van der Waals surface area contributed by atoms with Crippen molar-refractivity contribution in [3.8, 4) is 0 Å². The van der Waals surface area contributed by atoms with E-state index in [-0.39, 0.29) is 24.3 Å². The minimum atomic E-state index is -0.959. The molecular formula is C18H26N2O4. The van der Waals surface area contributed by atoms with Gasteiger partial charge in [0.15, 0.2) is 0 Å². The lowest BCUT2D eigenvalue weighted by atomic mass is 10.0. The van der Waals surface area contributed by atoms with Gasteiger partial charge in [-0.3, -0.25) is 14.4 Å². The zero-order chi connectivity index (χ0) is 18.4. The predicted octanol–water partition coefficient (Wildman–Crippen LogP) is 1.93. The normalized spacial score (nSPS) is 13.2. The average molecular weight is 334 g/mol. The summed E-state index contributed by atoms with van der Waals surface area (Å²) in [6.45, 7) is 7.16. The van der Waals surface area contributed by atoms with Crippen molar-refractivity contribution in [3.05, 3.63) is 35.4 Å². The third kappa shape index (κ3) is 5.08. The van der Waals surface area contributed by atoms with Crippen molar-refractivity contribution >= 4 is 17.8 Å². The number of amides is 2. The van der Waals surface area contributed by atoms with Crippen molar-refractivity contribution in [3.63, 3.8) is 0 Å². The number of carbonyl (C=O) groups excluding carboxylic acids is 2. The highest BCUT2D eigenvalue weighted by molar-refractivity contribution is 5.98. The average Bonchev–Trinajstić information content (AvgIpc) is 2.51. The number of hydrogen-bond acceptors (Lipinski definition) is 3. The van der Waals surface area contributed by atoms with E-state index < -0.39 is 17.9 Å². The van der Waals surface area contributed by atoms with Gasteiger partial charge in [0.2, 0.25) is 5.91 Å². The molecule has 24 heavy (non-hydrogen) atoms. The lowest BCUT2D eigenvalue weighted by molar-refractivity contribution is -0.143. The molecule has 0 aliphatic carbocycles. The van der Waals surface area contributed by atoms with Crippen LogP contribution in [0.4, 0.5) is 0 Å². The highest BCUT2D eigenvalue weighted by Gasteiger charge is 2.29. The number of aliphatic carboxylic acids is 1. The fraction of sp³-hybridized carbons (Fsp3) is 0.500. The number of benzene rings is 1. The highest BCUT2D eigenvalue weighted by atomic mass is 16.4. The molecule has 132 valence electrons. The van der Waals surface area contributed by atoms with Crippen LogP contribution in [0.15, 0.2) is 24.3 Å². The van der Waals surface area contributed by atoms with E-state index in [2.05, 4.69) is 5.32 Å². The third-order valence-electron chi connectivity index (χ3n) is 3.95. The molecule has 6 heteroatoms. The Labute approximate surface area is 142 Å². The maximum Gasteiger partial charge on any atom is 0.308 e. The smallest absolute Gasteiger partial charge is 0.308 e. The lowest BCUT2D eigenvalue weighted by Crippen LogP contribution is -2.51. The second-order valence-electron chi connectivity index (χ2n) is 6.47. The molecule has 0 spiro atoms. The summed E-state index contributed by atoms with van der Waals surface area (Å²) in [5, 5.41) is 11.8. The van der Waals surface area contributed by atoms with Crippen molar-refractivity contribution < 1.29 is 19.5 Å². The van der Waals surface area contributed by atoms with Gasteiger partial charge < -0.3 is 15.3 Å². The number of nitrogens with zero attached hydrogens (tertiary/aromatic N) is 1. The molecule has 0 saturated heterocycles. The Morgan fingerprint density at radius 3 is 2.25 bits per heavy atom. The maximum atomic E-state index is 12.6. The van der Waals surface area contributed by atoms with Crippen molar-refractivity contribution in [2.75, 3.05) is 13.6 Å². The molecule has 0 aliphatic heterocycles. The first-order chi connectivity index (χ1) is 11.1. The summed E-state index contributed by atoms with van der Waals surface area (Å²) < 4.78 is 0. The molecule has 0 heterocycles. The first-order valence-electron chi connectivity index (χ1n) is 7.99. The van der Waals surface area contributed by atoms with Crippen LogP contribution in [0.2, 0.25) is 0 Å². The summed E-state index contributed by atoms with van der Waals surface area (Å²) in [4.78, 5) is 37.4. The number of carbonyl (C=O) groups is 3. The van der Waals surface area contributed by atoms with E-state index in [0.717, 1.165) is 5.56 Å². The van der Waals surface area contributed by atoms with Crippen LogP contribution in [-0.2, 0) is 9.59 Å². The van der Waals surface area contributed by atoms with E-state index in [1.807, 2.05) is 32.9 Å². The van der Waals surface area contributed by atoms with E-state index in [1.165, 1.54) is 4.90 Å². The summed E-state index contributed by atoms with van der Waals surface area (Å²) in [6.07, 6.45) is 0. The quantitative estimate of drug-likeness (QED) is 0.798. The Balaban J connectivity index is 2.87. The Hall–Kier alpha value is -2.37. The molecule has 1 rings (SSSR count). The fourth-order valence-corrected chi connectivity index (χ4v) is 2.38. The molecule has 0 aliphatic rings. The van der Waals surface area contributed by atoms with Crippen molar-refractivity contribution in [2.24, 2.45) is 11.8 Å². The Morgan fingerprint density at radius 2 is 1.75 bits per heavy atom. The van der Waals surface area contributed by atoms with Gasteiger partial charge in [0, 0.05) is 19.2 Å². The van der Waals surface area contributed by atoms with Gasteiger partial charge >= 0.3 is 5.97 Å². The SMILES string of the molecule is Cc1ccccc1C(=O)NC(C(=O)N(C)CC(C)C(=O)O)C(C)C. The van der Waals surface area contributed by atoms with E-state index in [9.17, 15) is 14.4 Å². The number of carboxylic acids is 1. The molecule has 0 aromatic heterocycles. The zero-order valence-corrected chi connectivity index (χ0v) is 14.9. The summed E-state index contributed by atoms with van der Waals surface area (Å²) in [6, 6.07) is 6.46. The predicted molar refractivity (Wildman–Crippen MR) is 91.7 cm³/mol. The van der Waals surface area contributed by atoms with Crippen LogP contribution >= 0.6 is 0 Å². The molecule has 0 saturated carbocycles. The van der Waals surface area contributed by atoms with Crippen molar-refractivity contribution in [2.45, 2.75) is 33.7 Å². The van der Waals surface area contributed by atoms with Crippen LogP contribution < -0.4 is 5.32 Å². The zero-order valence-electron chi connectivity index (χ0n) is 14.9. The fourth-order valence-electron chi connectivity index (χ4n) is 2.38. The lowest BCUT2D eigenvalue weighted by Gasteiger charge is -2.28. The first kappa shape index (κ1) is 19.7. The number of likely N-dealkylation sites (N-methyl/N-ethyl adjacent to an activating group) is 1. The van der Waals surface area contributed by atoms with Crippen LogP contribution in [0.1, 0.15) is 36.7 Å². The van der Waals surface area contributed by atoms with E-state index in [0.29, 0.717) is 5.56 Å². The number of rotatable bonds is 7. The van der Waals surface area contributed by atoms with Gasteiger partial charge in [0.05, 0.1) is 5.92 Å². The van der Waals surface area contributed by atoms with E-state index >= 15 is 0 Å². The summed E-state index contributed by atoms with van der Waals surface area (Å²) in [7, 11) is 1.55. The van der Waals surface area contributed by atoms with Crippen LogP contribution in [0.25, 0.3) is 0 Å². The molecule has 1 aromatic carbocycles. The highest BCUT2D eigenvalue weighted by Crippen LogP contribution is 2.11. The molecule has 1 aromatic rings. The molecular weight excluding hydrogens is 308 g/mol.